The molecule has 2 rings (SSSR count). The smallest absolute Gasteiger partial charge is 0.249 e. The van der Waals surface area contributed by atoms with Gasteiger partial charge in [0.25, 0.3) is 0 Å². The fraction of sp³-hybridized carbons (Fsp3) is 0.900. The molecule has 0 aromatic carbocycles. The number of nitrogens with two attached hydrogens (primary N) is 1. The number of primary amides is 1. The first kappa shape index (κ1) is 10.9. The monoisotopic (exact) mass is 214 g/mol. The number of morpholine rings is 1. The molecule has 1 amide bonds. The molecule has 0 spiro atoms. The average Bonchev–Trinajstić information content (AvgIpc) is 2.64. The molecular weight excluding hydrogens is 196 g/mol. The van der Waals surface area contributed by atoms with Crippen molar-refractivity contribution in [2.45, 2.75) is 30.9 Å². The van der Waals surface area contributed by atoms with E-state index in [1.807, 2.05) is 0 Å². The number of rotatable bonds is 2. The molecule has 1 aliphatic carbocycles. The van der Waals surface area contributed by atoms with E-state index >= 15 is 0 Å². The highest BCUT2D eigenvalue weighted by Gasteiger charge is 2.44. The number of hydrogen-bond acceptors (Lipinski definition) is 4. The first-order valence-electron chi connectivity index (χ1n) is 5.46. The van der Waals surface area contributed by atoms with Crippen LogP contribution in [0.4, 0.5) is 0 Å². The van der Waals surface area contributed by atoms with Gasteiger partial charge in [-0.15, -0.1) is 0 Å². The SMILES string of the molecule is NC(=O)C1(O)CCC(N2CCOCC2)C1. The van der Waals surface area contributed by atoms with Crippen molar-refractivity contribution in [1.82, 2.24) is 4.90 Å². The molecule has 1 aliphatic heterocycles. The average molecular weight is 214 g/mol. The van der Waals surface area contributed by atoms with E-state index in [4.69, 9.17) is 10.5 Å². The van der Waals surface area contributed by atoms with Gasteiger partial charge in [-0.3, -0.25) is 9.69 Å². The predicted octanol–water partition coefficient (Wildman–Crippen LogP) is -0.912. The van der Waals surface area contributed by atoms with Crippen LogP contribution in [-0.2, 0) is 9.53 Å². The van der Waals surface area contributed by atoms with Crippen LogP contribution >= 0.6 is 0 Å². The minimum Gasteiger partial charge on any atom is -0.380 e. The highest BCUT2D eigenvalue weighted by atomic mass is 16.5. The van der Waals surface area contributed by atoms with E-state index in [0.29, 0.717) is 12.8 Å². The van der Waals surface area contributed by atoms with Crippen LogP contribution in [0, 0.1) is 0 Å². The Hall–Kier alpha value is -0.650. The zero-order chi connectivity index (χ0) is 10.9. The standard InChI is InChI=1S/C10H18N2O3/c11-9(13)10(14)2-1-8(7-10)12-3-5-15-6-4-12/h8,14H,1-7H2,(H2,11,13). The zero-order valence-electron chi connectivity index (χ0n) is 8.82. The second kappa shape index (κ2) is 4.08. The molecule has 1 saturated carbocycles. The van der Waals surface area contributed by atoms with E-state index in [0.717, 1.165) is 32.7 Å². The minimum atomic E-state index is -1.27. The van der Waals surface area contributed by atoms with E-state index in [2.05, 4.69) is 4.90 Å². The van der Waals surface area contributed by atoms with E-state index in [-0.39, 0.29) is 6.04 Å². The number of nitrogens with zero attached hydrogens (tertiary/aromatic N) is 1. The Morgan fingerprint density at radius 3 is 2.67 bits per heavy atom. The molecule has 2 unspecified atom stereocenters. The molecule has 2 fully saturated rings. The molecule has 0 radical (unpaired) electrons. The number of carbonyl (C=O) groups excluding carboxylic acids is 1. The molecule has 0 aromatic heterocycles. The summed E-state index contributed by atoms with van der Waals surface area (Å²) >= 11 is 0. The Bertz CT molecular complexity index is 253. The van der Waals surface area contributed by atoms with Gasteiger partial charge in [-0.05, 0) is 12.8 Å². The molecule has 1 heterocycles. The summed E-state index contributed by atoms with van der Waals surface area (Å²) in [5, 5.41) is 9.94. The van der Waals surface area contributed by atoms with Crippen LogP contribution in [0.15, 0.2) is 0 Å². The first-order valence-corrected chi connectivity index (χ1v) is 5.46. The second-order valence-corrected chi connectivity index (χ2v) is 4.44. The summed E-state index contributed by atoms with van der Waals surface area (Å²) in [6.07, 6.45) is 1.81. The maximum absolute atomic E-state index is 11.1. The van der Waals surface area contributed by atoms with Crippen molar-refractivity contribution in [1.29, 1.82) is 0 Å². The molecule has 15 heavy (non-hydrogen) atoms. The van der Waals surface area contributed by atoms with Crippen molar-refractivity contribution in [3.63, 3.8) is 0 Å². The quantitative estimate of drug-likeness (QED) is 0.624. The highest BCUT2D eigenvalue weighted by molar-refractivity contribution is 5.83. The van der Waals surface area contributed by atoms with E-state index < -0.39 is 11.5 Å². The third kappa shape index (κ3) is 2.14. The lowest BCUT2D eigenvalue weighted by Crippen LogP contribution is -2.46. The van der Waals surface area contributed by atoms with Gasteiger partial charge in [-0.2, -0.15) is 0 Å². The summed E-state index contributed by atoms with van der Waals surface area (Å²) in [6, 6.07) is 0.284. The van der Waals surface area contributed by atoms with Gasteiger partial charge < -0.3 is 15.6 Å². The lowest BCUT2D eigenvalue weighted by molar-refractivity contribution is -0.136. The van der Waals surface area contributed by atoms with E-state index in [9.17, 15) is 9.90 Å². The molecule has 1 saturated heterocycles. The van der Waals surface area contributed by atoms with Gasteiger partial charge in [-0.25, -0.2) is 0 Å². The molecule has 86 valence electrons. The predicted molar refractivity (Wildman–Crippen MR) is 54.2 cm³/mol. The van der Waals surface area contributed by atoms with E-state index in [1.165, 1.54) is 0 Å². The third-order valence-corrected chi connectivity index (χ3v) is 3.49. The Morgan fingerprint density at radius 1 is 1.47 bits per heavy atom. The molecule has 2 aliphatic rings. The Morgan fingerprint density at radius 2 is 2.13 bits per heavy atom. The molecule has 5 nitrogen and oxygen atoms in total. The maximum Gasteiger partial charge on any atom is 0.249 e. The summed E-state index contributed by atoms with van der Waals surface area (Å²) in [7, 11) is 0. The highest BCUT2D eigenvalue weighted by Crippen LogP contribution is 2.33. The van der Waals surface area contributed by atoms with Gasteiger partial charge in [-0.1, -0.05) is 0 Å². The van der Waals surface area contributed by atoms with Gasteiger partial charge in [0.1, 0.15) is 5.60 Å². The maximum atomic E-state index is 11.1. The van der Waals surface area contributed by atoms with Crippen LogP contribution < -0.4 is 5.73 Å². The molecule has 2 atom stereocenters. The Kier molecular flexibility index (Phi) is 2.95. The second-order valence-electron chi connectivity index (χ2n) is 4.44. The number of aliphatic hydroxyl groups is 1. The summed E-state index contributed by atoms with van der Waals surface area (Å²) in [4.78, 5) is 13.4. The lowest BCUT2D eigenvalue weighted by Gasteiger charge is -2.32. The van der Waals surface area contributed by atoms with Crippen molar-refractivity contribution < 1.29 is 14.6 Å². The van der Waals surface area contributed by atoms with Crippen molar-refractivity contribution in [3.05, 3.63) is 0 Å². The normalized spacial score (nSPS) is 38.1. The minimum absolute atomic E-state index is 0.284. The Labute approximate surface area is 89.2 Å². The summed E-state index contributed by atoms with van der Waals surface area (Å²) in [5.41, 5.74) is 3.92. The van der Waals surface area contributed by atoms with Gasteiger partial charge in [0, 0.05) is 25.6 Å². The van der Waals surface area contributed by atoms with Gasteiger partial charge in [0.2, 0.25) is 5.91 Å². The molecule has 5 heteroatoms. The van der Waals surface area contributed by atoms with Crippen LogP contribution in [0.3, 0.4) is 0 Å². The lowest BCUT2D eigenvalue weighted by atomic mass is 10.0. The molecule has 3 N–H and O–H groups in total. The molecule has 0 aromatic rings. The summed E-state index contributed by atoms with van der Waals surface area (Å²) in [5.74, 6) is -0.585. The Balaban J connectivity index is 1.94. The van der Waals surface area contributed by atoms with Crippen molar-refractivity contribution in [2.75, 3.05) is 26.3 Å². The third-order valence-electron chi connectivity index (χ3n) is 3.49. The largest absolute Gasteiger partial charge is 0.380 e. The number of carbonyl (C=O) groups is 1. The van der Waals surface area contributed by atoms with Crippen LogP contribution in [0.2, 0.25) is 0 Å². The fourth-order valence-electron chi connectivity index (χ4n) is 2.48. The van der Waals surface area contributed by atoms with Crippen molar-refractivity contribution >= 4 is 5.91 Å². The number of hydrogen-bond donors (Lipinski definition) is 2. The number of ether oxygens (including phenoxy) is 1. The van der Waals surface area contributed by atoms with E-state index in [1.54, 1.807) is 0 Å². The fourth-order valence-corrected chi connectivity index (χ4v) is 2.48. The van der Waals surface area contributed by atoms with Crippen molar-refractivity contribution in [3.8, 4) is 0 Å². The number of amides is 1. The summed E-state index contributed by atoms with van der Waals surface area (Å²) in [6.45, 7) is 3.26. The van der Waals surface area contributed by atoms with Crippen LogP contribution in [0.1, 0.15) is 19.3 Å². The van der Waals surface area contributed by atoms with Crippen LogP contribution in [0.5, 0.6) is 0 Å². The topological polar surface area (TPSA) is 75.8 Å². The zero-order valence-corrected chi connectivity index (χ0v) is 8.82. The molecular formula is C10H18N2O3. The van der Waals surface area contributed by atoms with Gasteiger partial charge in [0.15, 0.2) is 0 Å². The van der Waals surface area contributed by atoms with Crippen LogP contribution in [0.25, 0.3) is 0 Å². The van der Waals surface area contributed by atoms with Crippen LogP contribution in [-0.4, -0.2) is 53.9 Å². The van der Waals surface area contributed by atoms with Gasteiger partial charge in [0.05, 0.1) is 13.2 Å². The molecule has 0 bridgehead atoms. The van der Waals surface area contributed by atoms with Crippen molar-refractivity contribution in [2.24, 2.45) is 5.73 Å². The van der Waals surface area contributed by atoms with Gasteiger partial charge >= 0.3 is 0 Å². The summed E-state index contributed by atoms with van der Waals surface area (Å²) < 4.78 is 5.26. The first-order chi connectivity index (χ1) is 7.12.